The molecule has 0 saturated carbocycles. The third-order valence-corrected chi connectivity index (χ3v) is 4.46. The van der Waals surface area contributed by atoms with Crippen molar-refractivity contribution in [3.8, 4) is 0 Å². The number of carbonyl (C=O) groups is 1. The van der Waals surface area contributed by atoms with Crippen LogP contribution in [0.25, 0.3) is 0 Å². The molecular weight excluding hydrogens is 316 g/mol. The van der Waals surface area contributed by atoms with Crippen LogP contribution in [0, 0.1) is 6.92 Å². The first kappa shape index (κ1) is 13.5. The van der Waals surface area contributed by atoms with E-state index < -0.39 is 0 Å². The summed E-state index contributed by atoms with van der Waals surface area (Å²) in [5.74, 6) is 0.372. The minimum Gasteiger partial charge on any atom is -0.273 e. The number of hydrogen-bond acceptors (Lipinski definition) is 6. The van der Waals surface area contributed by atoms with Crippen LogP contribution in [0.15, 0.2) is 29.3 Å². The highest BCUT2D eigenvalue weighted by Crippen LogP contribution is 2.30. The van der Waals surface area contributed by atoms with E-state index in [-0.39, 0.29) is 5.91 Å². The molecule has 1 aliphatic rings. The minimum atomic E-state index is -0.00249. The standard InChI is InChI=1S/C12H9ClN4OS2/c1-7-15-16-11(20-7)14-12-17(10(18)6-19-12)9-4-2-8(13)3-5-9/h2-5H,6H2,1H3/b14-12-. The number of aliphatic imine (C=N–C) groups is 1. The van der Waals surface area contributed by atoms with Crippen LogP contribution in [0.3, 0.4) is 0 Å². The number of hydrogen-bond donors (Lipinski definition) is 0. The van der Waals surface area contributed by atoms with Crippen LogP contribution >= 0.6 is 34.7 Å². The Balaban J connectivity index is 1.96. The molecule has 1 aromatic carbocycles. The van der Waals surface area contributed by atoms with E-state index in [0.29, 0.717) is 21.1 Å². The van der Waals surface area contributed by atoms with Gasteiger partial charge in [-0.25, -0.2) is 0 Å². The number of carbonyl (C=O) groups excluding carboxylic acids is 1. The van der Waals surface area contributed by atoms with E-state index in [4.69, 9.17) is 11.6 Å². The molecule has 8 heteroatoms. The normalized spacial score (nSPS) is 17.2. The fraction of sp³-hybridized carbons (Fsp3) is 0.167. The number of aromatic nitrogens is 2. The Labute approximate surface area is 128 Å². The van der Waals surface area contributed by atoms with Crippen molar-refractivity contribution < 1.29 is 4.79 Å². The molecule has 0 bridgehead atoms. The van der Waals surface area contributed by atoms with E-state index in [0.717, 1.165) is 10.7 Å². The van der Waals surface area contributed by atoms with E-state index >= 15 is 0 Å². The zero-order chi connectivity index (χ0) is 14.1. The molecule has 3 rings (SSSR count). The zero-order valence-corrected chi connectivity index (χ0v) is 12.8. The Kier molecular flexibility index (Phi) is 3.73. The monoisotopic (exact) mass is 324 g/mol. The molecule has 1 fully saturated rings. The first-order valence-electron chi connectivity index (χ1n) is 5.73. The van der Waals surface area contributed by atoms with Crippen molar-refractivity contribution in [1.29, 1.82) is 0 Å². The number of aryl methyl sites for hydroxylation is 1. The molecule has 1 saturated heterocycles. The molecule has 0 spiro atoms. The van der Waals surface area contributed by atoms with E-state index in [1.54, 1.807) is 29.2 Å². The highest BCUT2D eigenvalue weighted by atomic mass is 35.5. The summed E-state index contributed by atoms with van der Waals surface area (Å²) in [6, 6.07) is 7.10. The number of nitrogens with zero attached hydrogens (tertiary/aromatic N) is 4. The van der Waals surface area contributed by atoms with Crippen LogP contribution in [0.1, 0.15) is 5.01 Å². The molecule has 0 radical (unpaired) electrons. The number of amides is 1. The fourth-order valence-electron chi connectivity index (χ4n) is 1.70. The van der Waals surface area contributed by atoms with Crippen LogP contribution < -0.4 is 4.90 Å². The summed E-state index contributed by atoms with van der Waals surface area (Å²) >= 11 is 8.66. The van der Waals surface area contributed by atoms with Crippen molar-refractivity contribution in [2.24, 2.45) is 4.99 Å². The second-order valence-corrected chi connectivity index (χ2v) is 6.53. The maximum Gasteiger partial charge on any atom is 0.243 e. The molecule has 1 aromatic heterocycles. The van der Waals surface area contributed by atoms with Gasteiger partial charge in [-0.3, -0.25) is 9.69 Å². The van der Waals surface area contributed by atoms with Gasteiger partial charge in [-0.1, -0.05) is 34.7 Å². The van der Waals surface area contributed by atoms with Gasteiger partial charge in [0.2, 0.25) is 11.0 Å². The third kappa shape index (κ3) is 2.70. The molecule has 1 aliphatic heterocycles. The van der Waals surface area contributed by atoms with Crippen LogP contribution in [-0.2, 0) is 4.79 Å². The topological polar surface area (TPSA) is 58.5 Å². The summed E-state index contributed by atoms with van der Waals surface area (Å²) in [4.78, 5) is 18.0. The van der Waals surface area contributed by atoms with Crippen LogP contribution in [-0.4, -0.2) is 27.0 Å². The van der Waals surface area contributed by atoms with Gasteiger partial charge in [0, 0.05) is 5.02 Å². The fourth-order valence-corrected chi connectivity index (χ4v) is 3.31. The van der Waals surface area contributed by atoms with E-state index in [2.05, 4.69) is 15.2 Å². The van der Waals surface area contributed by atoms with Gasteiger partial charge >= 0.3 is 0 Å². The van der Waals surface area contributed by atoms with Gasteiger partial charge in [-0.2, -0.15) is 4.99 Å². The van der Waals surface area contributed by atoms with Gasteiger partial charge in [0.15, 0.2) is 5.17 Å². The number of benzene rings is 1. The first-order valence-corrected chi connectivity index (χ1v) is 7.91. The molecule has 2 aromatic rings. The van der Waals surface area contributed by atoms with E-state index in [9.17, 15) is 4.79 Å². The molecule has 0 aliphatic carbocycles. The summed E-state index contributed by atoms with van der Waals surface area (Å²) < 4.78 is 0. The van der Waals surface area contributed by atoms with Gasteiger partial charge < -0.3 is 0 Å². The van der Waals surface area contributed by atoms with Crippen molar-refractivity contribution in [2.45, 2.75) is 6.92 Å². The summed E-state index contributed by atoms with van der Waals surface area (Å²) in [7, 11) is 0. The van der Waals surface area contributed by atoms with Gasteiger partial charge in [-0.05, 0) is 31.2 Å². The number of rotatable bonds is 2. The highest BCUT2D eigenvalue weighted by molar-refractivity contribution is 8.15. The Morgan fingerprint density at radius 1 is 1.30 bits per heavy atom. The molecule has 2 heterocycles. The van der Waals surface area contributed by atoms with Gasteiger partial charge in [-0.15, -0.1) is 10.2 Å². The molecule has 5 nitrogen and oxygen atoms in total. The summed E-state index contributed by atoms with van der Waals surface area (Å²) in [5.41, 5.74) is 0.754. The molecule has 20 heavy (non-hydrogen) atoms. The predicted molar refractivity (Wildman–Crippen MR) is 83.1 cm³/mol. The molecule has 102 valence electrons. The van der Waals surface area contributed by atoms with Crippen molar-refractivity contribution >= 4 is 56.6 Å². The van der Waals surface area contributed by atoms with Crippen LogP contribution in [0.4, 0.5) is 10.8 Å². The van der Waals surface area contributed by atoms with Crippen LogP contribution in [0.5, 0.6) is 0 Å². The maximum atomic E-state index is 12.0. The van der Waals surface area contributed by atoms with Gasteiger partial charge in [0.05, 0.1) is 11.4 Å². The maximum absolute atomic E-state index is 12.0. The minimum absolute atomic E-state index is 0.00249. The number of thioether (sulfide) groups is 1. The predicted octanol–water partition coefficient (Wildman–Crippen LogP) is 3.27. The Morgan fingerprint density at radius 3 is 2.70 bits per heavy atom. The van der Waals surface area contributed by atoms with Crippen molar-refractivity contribution in [2.75, 3.05) is 10.7 Å². The first-order chi connectivity index (χ1) is 9.63. The average Bonchev–Trinajstić information content (AvgIpc) is 2.98. The summed E-state index contributed by atoms with van der Waals surface area (Å²) in [6.45, 7) is 1.87. The van der Waals surface area contributed by atoms with Gasteiger partial charge in [0.25, 0.3) is 0 Å². The van der Waals surface area contributed by atoms with Crippen molar-refractivity contribution in [1.82, 2.24) is 10.2 Å². The van der Waals surface area contributed by atoms with Crippen LogP contribution in [0.2, 0.25) is 5.02 Å². The number of amidine groups is 1. The Morgan fingerprint density at radius 2 is 2.05 bits per heavy atom. The largest absolute Gasteiger partial charge is 0.273 e. The quantitative estimate of drug-likeness (QED) is 0.850. The Hall–Kier alpha value is -1.44. The molecule has 0 atom stereocenters. The molecular formula is C12H9ClN4OS2. The number of halogens is 1. The van der Waals surface area contributed by atoms with E-state index in [1.165, 1.54) is 23.1 Å². The second-order valence-electron chi connectivity index (χ2n) is 3.99. The highest BCUT2D eigenvalue weighted by Gasteiger charge is 2.30. The SMILES string of the molecule is Cc1nnc(/N=C2\SCC(=O)N2c2ccc(Cl)cc2)s1. The average molecular weight is 325 g/mol. The lowest BCUT2D eigenvalue weighted by atomic mass is 10.3. The third-order valence-electron chi connectivity index (χ3n) is 2.56. The molecule has 1 amide bonds. The molecule has 0 N–H and O–H groups in total. The summed E-state index contributed by atoms with van der Waals surface area (Å²) in [6.07, 6.45) is 0. The van der Waals surface area contributed by atoms with Crippen molar-refractivity contribution in [3.05, 3.63) is 34.3 Å². The lowest BCUT2D eigenvalue weighted by Gasteiger charge is -2.15. The zero-order valence-electron chi connectivity index (χ0n) is 10.4. The molecule has 0 unspecified atom stereocenters. The number of anilines is 1. The van der Waals surface area contributed by atoms with Gasteiger partial charge in [0.1, 0.15) is 5.01 Å². The summed E-state index contributed by atoms with van der Waals surface area (Å²) in [5, 5.41) is 10.5. The van der Waals surface area contributed by atoms with E-state index in [1.807, 2.05) is 6.92 Å². The smallest absolute Gasteiger partial charge is 0.243 e. The van der Waals surface area contributed by atoms with Crippen molar-refractivity contribution in [3.63, 3.8) is 0 Å². The lowest BCUT2D eigenvalue weighted by Crippen LogP contribution is -2.28. The second kappa shape index (κ2) is 5.51. The lowest BCUT2D eigenvalue weighted by molar-refractivity contribution is -0.115. The Bertz CT molecular complexity index is 683.